The molecule has 9 heteroatoms. The summed E-state index contributed by atoms with van der Waals surface area (Å²) in [5.41, 5.74) is 0.401. The van der Waals surface area contributed by atoms with E-state index >= 15 is 0 Å². The lowest BCUT2D eigenvalue weighted by Crippen LogP contribution is -2.60. The number of fused-ring (bicyclic) bond motifs is 2. The van der Waals surface area contributed by atoms with Crippen molar-refractivity contribution in [3.8, 4) is 0 Å². The van der Waals surface area contributed by atoms with Gasteiger partial charge in [-0.15, -0.1) is 0 Å². The molecule has 3 aliphatic heterocycles. The minimum absolute atomic E-state index is 0.0433. The number of carbonyl (C=O) groups is 4. The molecule has 2 aromatic carbocycles. The Bertz CT molecular complexity index is 1480. The zero-order valence-corrected chi connectivity index (χ0v) is 26.5. The highest BCUT2D eigenvalue weighted by molar-refractivity contribution is 5.93. The monoisotopic (exact) mass is 615 g/mol. The molecule has 9 nitrogen and oxygen atoms in total. The normalized spacial score (nSPS) is 27.1. The van der Waals surface area contributed by atoms with Gasteiger partial charge < -0.3 is 24.6 Å². The topological polar surface area (TPSA) is 105 Å². The van der Waals surface area contributed by atoms with Crippen LogP contribution in [-0.4, -0.2) is 72.4 Å². The number of carbonyl (C=O) groups excluding carboxylic acids is 4. The Balaban J connectivity index is 1.30. The number of hydrogen-bond acceptors (Lipinski definition) is 6. The Kier molecular flexibility index (Phi) is 9.26. The average Bonchev–Trinajstić information content (AvgIpc) is 3.73. The molecule has 0 bridgehead atoms. The first-order valence-electron chi connectivity index (χ1n) is 16.6. The molecular formula is C36H45N3O6. The van der Waals surface area contributed by atoms with E-state index in [1.54, 1.807) is 4.90 Å². The van der Waals surface area contributed by atoms with Gasteiger partial charge in [-0.3, -0.25) is 19.2 Å². The van der Waals surface area contributed by atoms with Crippen molar-refractivity contribution in [1.82, 2.24) is 15.1 Å². The van der Waals surface area contributed by atoms with Crippen LogP contribution in [0.1, 0.15) is 70.3 Å². The van der Waals surface area contributed by atoms with Gasteiger partial charge in [0, 0.05) is 44.1 Å². The molecule has 0 spiro atoms. The van der Waals surface area contributed by atoms with E-state index in [4.69, 9.17) is 9.47 Å². The number of hydrogen-bond donors (Lipinski definition) is 1. The van der Waals surface area contributed by atoms with Gasteiger partial charge in [0.2, 0.25) is 17.7 Å². The zero-order valence-electron chi connectivity index (χ0n) is 26.5. The number of ether oxygens (including phenoxy) is 2. The summed E-state index contributed by atoms with van der Waals surface area (Å²) < 4.78 is 12.1. The summed E-state index contributed by atoms with van der Waals surface area (Å²) in [4.78, 5) is 57.1. The summed E-state index contributed by atoms with van der Waals surface area (Å²) in [6.45, 7) is 3.98. The second kappa shape index (κ2) is 13.3. The van der Waals surface area contributed by atoms with Crippen molar-refractivity contribution in [2.45, 2.75) is 83.5 Å². The average molecular weight is 616 g/mol. The molecule has 240 valence electrons. The Morgan fingerprint density at radius 3 is 2.60 bits per heavy atom. The van der Waals surface area contributed by atoms with Crippen LogP contribution in [0.3, 0.4) is 0 Å². The second-order valence-corrected chi connectivity index (χ2v) is 13.2. The first kappa shape index (κ1) is 31.3. The molecule has 45 heavy (non-hydrogen) atoms. The summed E-state index contributed by atoms with van der Waals surface area (Å²) in [5.74, 6) is -1.08. The minimum Gasteiger partial charge on any atom is -0.468 e. The predicted octanol–water partition coefficient (Wildman–Crippen LogP) is 4.73. The molecule has 1 saturated carbocycles. The Labute approximate surface area is 265 Å². The van der Waals surface area contributed by atoms with Gasteiger partial charge in [-0.25, -0.2) is 0 Å². The molecule has 0 aromatic heterocycles. The molecule has 3 amide bonds. The summed E-state index contributed by atoms with van der Waals surface area (Å²) in [7, 11) is 1.38. The quantitative estimate of drug-likeness (QED) is 0.306. The fourth-order valence-corrected chi connectivity index (χ4v) is 8.05. The highest BCUT2D eigenvalue weighted by Gasteiger charge is 2.60. The summed E-state index contributed by atoms with van der Waals surface area (Å²) in [6, 6.07) is 14.1. The van der Waals surface area contributed by atoms with Gasteiger partial charge in [0.05, 0.1) is 25.9 Å². The van der Waals surface area contributed by atoms with Crippen LogP contribution in [0.5, 0.6) is 0 Å². The third-order valence-electron chi connectivity index (χ3n) is 10.5. The van der Waals surface area contributed by atoms with E-state index in [1.807, 2.05) is 54.3 Å². The van der Waals surface area contributed by atoms with Crippen molar-refractivity contribution in [3.63, 3.8) is 0 Å². The Hall–Kier alpha value is -3.72. The number of rotatable bonds is 10. The number of likely N-dealkylation sites (tertiary alicyclic amines) is 2. The van der Waals surface area contributed by atoms with Gasteiger partial charge in [-0.2, -0.15) is 0 Å². The van der Waals surface area contributed by atoms with Crippen LogP contribution in [0.2, 0.25) is 0 Å². The fraction of sp³-hybridized carbons (Fsp3) is 0.556. The molecule has 0 unspecified atom stereocenters. The standard InChI is InChI=1S/C36H45N3O6/c1-24-36(35(43)44-2)22-28(20-32(40)37-17-9-19-38-18-8-16-33(38)41)34(42)39(31(36)21-30(45-24)26-11-3-4-12-26)23-27-14-7-13-25-10-5-6-15-29(25)27/h5-7,10,13-15,21,24,26,28,30H,3-4,8-9,11-12,16-20,22-23H2,1-2H3,(H,37,40)/t24-,28+,30-,36+/m1/s1. The Morgan fingerprint density at radius 1 is 1.07 bits per heavy atom. The van der Waals surface area contributed by atoms with Gasteiger partial charge in [0.1, 0.15) is 5.41 Å². The lowest BCUT2D eigenvalue weighted by atomic mass is 9.66. The van der Waals surface area contributed by atoms with Gasteiger partial charge >= 0.3 is 5.97 Å². The van der Waals surface area contributed by atoms with E-state index in [9.17, 15) is 19.2 Å². The fourth-order valence-electron chi connectivity index (χ4n) is 8.05. The lowest BCUT2D eigenvalue weighted by Gasteiger charge is -2.52. The van der Waals surface area contributed by atoms with Crippen LogP contribution < -0.4 is 5.32 Å². The number of esters is 1. The predicted molar refractivity (Wildman–Crippen MR) is 169 cm³/mol. The van der Waals surface area contributed by atoms with Crippen LogP contribution in [0.25, 0.3) is 10.8 Å². The maximum absolute atomic E-state index is 14.5. The van der Waals surface area contributed by atoms with Gasteiger partial charge in [-0.05, 0) is 67.4 Å². The zero-order chi connectivity index (χ0) is 31.6. The molecule has 0 radical (unpaired) electrons. The van der Waals surface area contributed by atoms with Crippen LogP contribution in [0, 0.1) is 17.3 Å². The van der Waals surface area contributed by atoms with Crippen molar-refractivity contribution in [1.29, 1.82) is 0 Å². The number of nitrogens with zero attached hydrogens (tertiary/aromatic N) is 2. The van der Waals surface area contributed by atoms with E-state index < -0.39 is 23.4 Å². The van der Waals surface area contributed by atoms with Crippen molar-refractivity contribution in [3.05, 3.63) is 59.8 Å². The number of amides is 3. The summed E-state index contributed by atoms with van der Waals surface area (Å²) in [5, 5.41) is 5.07. The van der Waals surface area contributed by atoms with Crippen molar-refractivity contribution in [2.75, 3.05) is 26.7 Å². The highest BCUT2D eigenvalue weighted by Crippen LogP contribution is 2.52. The summed E-state index contributed by atoms with van der Waals surface area (Å²) in [6.07, 6.45) is 7.91. The summed E-state index contributed by atoms with van der Waals surface area (Å²) >= 11 is 0. The highest BCUT2D eigenvalue weighted by atomic mass is 16.5. The van der Waals surface area contributed by atoms with Gasteiger partial charge in [0.15, 0.2) is 0 Å². The van der Waals surface area contributed by atoms with E-state index in [0.29, 0.717) is 37.5 Å². The number of piperidine rings is 1. The van der Waals surface area contributed by atoms with Crippen LogP contribution >= 0.6 is 0 Å². The van der Waals surface area contributed by atoms with Crippen molar-refractivity contribution >= 4 is 34.5 Å². The molecule has 1 aliphatic carbocycles. The van der Waals surface area contributed by atoms with Gasteiger partial charge in [0.25, 0.3) is 0 Å². The van der Waals surface area contributed by atoms with Crippen LogP contribution in [0.15, 0.2) is 54.2 Å². The number of methoxy groups -OCH3 is 1. The molecule has 2 saturated heterocycles. The van der Waals surface area contributed by atoms with E-state index in [1.165, 1.54) is 7.11 Å². The van der Waals surface area contributed by atoms with E-state index in [-0.39, 0.29) is 43.2 Å². The first-order chi connectivity index (χ1) is 21.8. The van der Waals surface area contributed by atoms with Crippen LogP contribution in [-0.2, 0) is 35.2 Å². The molecule has 6 rings (SSSR count). The van der Waals surface area contributed by atoms with E-state index in [0.717, 1.165) is 55.0 Å². The third kappa shape index (κ3) is 6.11. The lowest BCUT2D eigenvalue weighted by molar-refractivity contribution is -0.178. The molecule has 1 N–H and O–H groups in total. The maximum Gasteiger partial charge on any atom is 0.320 e. The molecular weight excluding hydrogens is 570 g/mol. The molecule has 3 heterocycles. The van der Waals surface area contributed by atoms with Crippen molar-refractivity contribution in [2.24, 2.45) is 17.3 Å². The number of nitrogens with one attached hydrogen (secondary N) is 1. The largest absolute Gasteiger partial charge is 0.468 e. The second-order valence-electron chi connectivity index (χ2n) is 13.2. The SMILES string of the molecule is COC(=O)[C@]12C[C@H](CC(=O)NCCCN3CCCC3=O)C(=O)N(Cc3cccc4ccccc34)C1=C[C@H](C1CCCC1)O[C@@H]2C. The molecule has 4 atom stereocenters. The third-order valence-corrected chi connectivity index (χ3v) is 10.5. The van der Waals surface area contributed by atoms with E-state index in [2.05, 4.69) is 11.4 Å². The first-order valence-corrected chi connectivity index (χ1v) is 16.6. The minimum atomic E-state index is -1.22. The maximum atomic E-state index is 14.5. The van der Waals surface area contributed by atoms with Crippen LogP contribution in [0.4, 0.5) is 0 Å². The molecule has 4 aliphatic rings. The van der Waals surface area contributed by atoms with Gasteiger partial charge in [-0.1, -0.05) is 55.3 Å². The Morgan fingerprint density at radius 2 is 1.84 bits per heavy atom. The van der Waals surface area contributed by atoms with Crippen molar-refractivity contribution < 1.29 is 28.7 Å². The number of benzene rings is 2. The smallest absolute Gasteiger partial charge is 0.320 e. The molecule has 3 fully saturated rings. The molecule has 2 aromatic rings.